The summed E-state index contributed by atoms with van der Waals surface area (Å²) in [5.41, 5.74) is 0.267. The van der Waals surface area contributed by atoms with Crippen LogP contribution in [0.5, 0.6) is 0 Å². The molecule has 3 nitrogen and oxygen atoms in total. The van der Waals surface area contributed by atoms with Crippen molar-refractivity contribution in [3.8, 4) is 0 Å². The molecule has 0 bridgehead atoms. The Balaban J connectivity index is 2.41. The summed E-state index contributed by atoms with van der Waals surface area (Å²) >= 11 is 0. The topological polar surface area (TPSA) is 24.5 Å². The molecule has 3 heteroatoms. The zero-order valence-electron chi connectivity index (χ0n) is 10.7. The largest absolute Gasteiger partial charge is 0.380 e. The summed E-state index contributed by atoms with van der Waals surface area (Å²) in [6.45, 7) is 13.9. The first kappa shape index (κ1) is 12.9. The van der Waals surface area contributed by atoms with Crippen LogP contribution in [-0.4, -0.2) is 49.3 Å². The highest BCUT2D eigenvalue weighted by Crippen LogP contribution is 2.18. The molecule has 1 unspecified atom stereocenters. The van der Waals surface area contributed by atoms with E-state index in [4.69, 9.17) is 4.74 Å². The van der Waals surface area contributed by atoms with Gasteiger partial charge in [-0.25, -0.2) is 0 Å². The van der Waals surface area contributed by atoms with Gasteiger partial charge in [0.25, 0.3) is 0 Å². The van der Waals surface area contributed by atoms with Gasteiger partial charge >= 0.3 is 0 Å². The first-order valence-corrected chi connectivity index (χ1v) is 6.16. The van der Waals surface area contributed by atoms with Crippen LogP contribution in [0.4, 0.5) is 0 Å². The van der Waals surface area contributed by atoms with Gasteiger partial charge in [0.2, 0.25) is 0 Å². The van der Waals surface area contributed by atoms with Gasteiger partial charge in [0.1, 0.15) is 0 Å². The van der Waals surface area contributed by atoms with Crippen LogP contribution >= 0.6 is 0 Å². The summed E-state index contributed by atoms with van der Waals surface area (Å²) in [5.74, 6) is 0. The van der Waals surface area contributed by atoms with E-state index in [-0.39, 0.29) is 5.54 Å². The third kappa shape index (κ3) is 3.74. The Hall–Kier alpha value is -0.120. The lowest BCUT2D eigenvalue weighted by molar-refractivity contribution is 0.0308. The molecular formula is C12H26N2O. The van der Waals surface area contributed by atoms with Crippen molar-refractivity contribution >= 4 is 0 Å². The molecule has 0 aliphatic carbocycles. The smallest absolute Gasteiger partial charge is 0.0593 e. The van der Waals surface area contributed by atoms with Crippen molar-refractivity contribution in [2.45, 2.75) is 45.7 Å². The zero-order valence-corrected chi connectivity index (χ0v) is 10.7. The highest BCUT2D eigenvalue weighted by molar-refractivity contribution is 4.92. The summed E-state index contributed by atoms with van der Waals surface area (Å²) in [6, 6.07) is 0.652. The van der Waals surface area contributed by atoms with E-state index in [0.717, 1.165) is 32.8 Å². The van der Waals surface area contributed by atoms with Crippen LogP contribution in [-0.2, 0) is 4.74 Å². The minimum atomic E-state index is 0.267. The van der Waals surface area contributed by atoms with E-state index in [2.05, 4.69) is 37.9 Å². The van der Waals surface area contributed by atoms with E-state index in [1.54, 1.807) is 0 Å². The second kappa shape index (κ2) is 5.83. The van der Waals surface area contributed by atoms with Crippen molar-refractivity contribution in [1.82, 2.24) is 10.2 Å². The summed E-state index contributed by atoms with van der Waals surface area (Å²) in [5, 5.41) is 3.60. The summed E-state index contributed by atoms with van der Waals surface area (Å²) < 4.78 is 5.44. The molecule has 1 atom stereocenters. The van der Waals surface area contributed by atoms with Crippen LogP contribution in [0.2, 0.25) is 0 Å². The van der Waals surface area contributed by atoms with Crippen LogP contribution in [0.3, 0.4) is 0 Å². The fourth-order valence-corrected chi connectivity index (χ4v) is 2.07. The predicted octanol–water partition coefficient (Wildman–Crippen LogP) is 1.49. The maximum atomic E-state index is 5.44. The van der Waals surface area contributed by atoms with Gasteiger partial charge in [-0.15, -0.1) is 0 Å². The fraction of sp³-hybridized carbons (Fsp3) is 1.00. The van der Waals surface area contributed by atoms with Crippen LogP contribution in [0.1, 0.15) is 34.1 Å². The number of nitrogens with zero attached hydrogens (tertiary/aromatic N) is 1. The quantitative estimate of drug-likeness (QED) is 0.702. The van der Waals surface area contributed by atoms with Crippen molar-refractivity contribution in [3.05, 3.63) is 0 Å². The molecule has 0 aromatic rings. The molecule has 0 saturated carbocycles. The van der Waals surface area contributed by atoms with Crippen LogP contribution in [0.25, 0.3) is 0 Å². The molecule has 1 aliphatic heterocycles. The first-order valence-electron chi connectivity index (χ1n) is 6.16. The Morgan fingerprint density at radius 3 is 2.73 bits per heavy atom. The number of hydrogen-bond acceptors (Lipinski definition) is 3. The molecule has 15 heavy (non-hydrogen) atoms. The van der Waals surface area contributed by atoms with Crippen LogP contribution < -0.4 is 5.32 Å². The molecule has 1 rings (SSSR count). The van der Waals surface area contributed by atoms with Crippen molar-refractivity contribution < 1.29 is 4.74 Å². The van der Waals surface area contributed by atoms with E-state index in [9.17, 15) is 0 Å². The number of piperazine rings is 1. The van der Waals surface area contributed by atoms with E-state index in [0.29, 0.717) is 6.04 Å². The average molecular weight is 214 g/mol. The molecule has 1 heterocycles. The molecule has 0 amide bonds. The molecule has 0 aromatic heterocycles. The third-order valence-corrected chi connectivity index (χ3v) is 3.32. The van der Waals surface area contributed by atoms with Crippen molar-refractivity contribution in [3.63, 3.8) is 0 Å². The average Bonchev–Trinajstić information content (AvgIpc) is 2.21. The molecule has 0 spiro atoms. The minimum absolute atomic E-state index is 0.267. The van der Waals surface area contributed by atoms with Gasteiger partial charge in [-0.3, -0.25) is 4.90 Å². The Labute approximate surface area is 94.2 Å². The lowest BCUT2D eigenvalue weighted by Crippen LogP contribution is -2.62. The Bertz CT molecular complexity index is 182. The highest BCUT2D eigenvalue weighted by Gasteiger charge is 2.32. The Morgan fingerprint density at radius 2 is 2.13 bits per heavy atom. The normalized spacial score (nSPS) is 26.8. The molecule has 1 aliphatic rings. The number of nitrogens with one attached hydrogen (secondary N) is 1. The highest BCUT2D eigenvalue weighted by atomic mass is 16.5. The molecule has 1 fully saturated rings. The maximum Gasteiger partial charge on any atom is 0.0593 e. The summed E-state index contributed by atoms with van der Waals surface area (Å²) in [7, 11) is 0. The molecule has 0 aromatic carbocycles. The monoisotopic (exact) mass is 214 g/mol. The second-order valence-electron chi connectivity index (χ2n) is 4.94. The van der Waals surface area contributed by atoms with Crippen molar-refractivity contribution in [2.24, 2.45) is 0 Å². The molecule has 1 N–H and O–H groups in total. The molecule has 90 valence electrons. The second-order valence-corrected chi connectivity index (χ2v) is 4.94. The third-order valence-electron chi connectivity index (χ3n) is 3.32. The van der Waals surface area contributed by atoms with Crippen molar-refractivity contribution in [1.29, 1.82) is 0 Å². The van der Waals surface area contributed by atoms with Gasteiger partial charge in [-0.1, -0.05) is 6.92 Å². The van der Waals surface area contributed by atoms with Gasteiger partial charge in [0.15, 0.2) is 0 Å². The summed E-state index contributed by atoms with van der Waals surface area (Å²) in [6.07, 6.45) is 1.21. The molecular weight excluding hydrogens is 188 g/mol. The maximum absolute atomic E-state index is 5.44. The van der Waals surface area contributed by atoms with Gasteiger partial charge in [0, 0.05) is 37.8 Å². The Kier molecular flexibility index (Phi) is 5.03. The lowest BCUT2D eigenvalue weighted by Gasteiger charge is -2.46. The van der Waals surface area contributed by atoms with E-state index < -0.39 is 0 Å². The number of ether oxygens (including phenoxy) is 1. The first-order chi connectivity index (χ1) is 7.10. The van der Waals surface area contributed by atoms with Crippen LogP contribution in [0, 0.1) is 0 Å². The number of hydrogen-bond donors (Lipinski definition) is 1. The lowest BCUT2D eigenvalue weighted by atomic mass is 9.96. The van der Waals surface area contributed by atoms with E-state index in [1.165, 1.54) is 6.42 Å². The Morgan fingerprint density at radius 1 is 1.40 bits per heavy atom. The van der Waals surface area contributed by atoms with Crippen molar-refractivity contribution in [2.75, 3.05) is 32.8 Å². The van der Waals surface area contributed by atoms with E-state index in [1.807, 2.05) is 0 Å². The molecule has 0 radical (unpaired) electrons. The van der Waals surface area contributed by atoms with Gasteiger partial charge in [-0.2, -0.15) is 0 Å². The fourth-order valence-electron chi connectivity index (χ4n) is 2.07. The standard InChI is InChI=1S/C12H26N2O/c1-5-11-9-14(7-8-15-6-2)12(3,4)10-13-11/h11,13H,5-10H2,1-4H3. The summed E-state index contributed by atoms with van der Waals surface area (Å²) in [4.78, 5) is 2.55. The van der Waals surface area contributed by atoms with Crippen LogP contribution in [0.15, 0.2) is 0 Å². The van der Waals surface area contributed by atoms with Gasteiger partial charge in [-0.05, 0) is 27.2 Å². The van der Waals surface area contributed by atoms with E-state index >= 15 is 0 Å². The van der Waals surface area contributed by atoms with Gasteiger partial charge in [0.05, 0.1) is 6.61 Å². The minimum Gasteiger partial charge on any atom is -0.380 e. The zero-order chi connectivity index (χ0) is 11.3. The number of rotatable bonds is 5. The predicted molar refractivity (Wildman–Crippen MR) is 64.2 cm³/mol. The van der Waals surface area contributed by atoms with Gasteiger partial charge < -0.3 is 10.1 Å². The molecule has 1 saturated heterocycles. The SMILES string of the molecule is CCOCCN1CC(CC)NCC1(C)C.